The number of hydrogen-bond acceptors (Lipinski definition) is 4. The summed E-state index contributed by atoms with van der Waals surface area (Å²) in [6.07, 6.45) is -0.155. The van der Waals surface area contributed by atoms with Crippen LogP contribution in [0.5, 0.6) is 11.5 Å². The molecule has 1 aromatic heterocycles. The van der Waals surface area contributed by atoms with E-state index in [2.05, 4.69) is 41.7 Å². The lowest BCUT2D eigenvalue weighted by molar-refractivity contribution is 0.354. The van der Waals surface area contributed by atoms with Gasteiger partial charge in [-0.15, -0.1) is 0 Å². The fraction of sp³-hybridized carbons (Fsp3) is 0.125. The van der Waals surface area contributed by atoms with Gasteiger partial charge in [0.25, 0.3) is 0 Å². The average Bonchev–Trinajstić information content (AvgIpc) is 3.24. The predicted molar refractivity (Wildman–Crippen MR) is 114 cm³/mol. The predicted octanol–water partition coefficient (Wildman–Crippen LogP) is 5.21. The van der Waals surface area contributed by atoms with Gasteiger partial charge in [0.1, 0.15) is 6.17 Å². The monoisotopic (exact) mass is 383 g/mol. The van der Waals surface area contributed by atoms with Crippen molar-refractivity contribution >= 4 is 5.69 Å². The van der Waals surface area contributed by atoms with E-state index in [1.165, 1.54) is 0 Å². The molecule has 0 bridgehead atoms. The smallest absolute Gasteiger partial charge is 0.161 e. The first-order valence-corrected chi connectivity index (χ1v) is 9.51. The van der Waals surface area contributed by atoms with Crippen molar-refractivity contribution in [3.05, 3.63) is 84.4 Å². The zero-order valence-corrected chi connectivity index (χ0v) is 16.3. The molecule has 0 radical (unpaired) electrons. The third kappa shape index (κ3) is 2.91. The van der Waals surface area contributed by atoms with Gasteiger partial charge in [0.15, 0.2) is 11.5 Å². The second kappa shape index (κ2) is 7.02. The lowest BCUT2D eigenvalue weighted by Gasteiger charge is -2.29. The van der Waals surface area contributed by atoms with E-state index in [-0.39, 0.29) is 6.17 Å². The van der Waals surface area contributed by atoms with Crippen molar-refractivity contribution in [3.8, 4) is 34.0 Å². The molecule has 5 nitrogen and oxygen atoms in total. The van der Waals surface area contributed by atoms with E-state index < -0.39 is 0 Å². The molecule has 29 heavy (non-hydrogen) atoms. The molecule has 4 aromatic rings. The molecule has 0 amide bonds. The van der Waals surface area contributed by atoms with Crippen LogP contribution in [0.15, 0.2) is 78.9 Å². The quantitative estimate of drug-likeness (QED) is 0.526. The van der Waals surface area contributed by atoms with Crippen LogP contribution in [-0.2, 0) is 0 Å². The number of aromatic nitrogens is 2. The molecule has 1 aliphatic rings. The molecular weight excluding hydrogens is 362 g/mol. The number of para-hydroxylation sites is 1. The Balaban J connectivity index is 1.67. The number of rotatable bonds is 4. The summed E-state index contributed by atoms with van der Waals surface area (Å²) < 4.78 is 13.0. The molecule has 1 atom stereocenters. The Bertz CT molecular complexity index is 1170. The van der Waals surface area contributed by atoms with Crippen LogP contribution in [0.4, 0.5) is 5.69 Å². The normalized spacial score (nSPS) is 14.5. The van der Waals surface area contributed by atoms with E-state index in [0.717, 1.165) is 33.8 Å². The molecule has 5 heteroatoms. The third-order valence-corrected chi connectivity index (χ3v) is 5.27. The van der Waals surface area contributed by atoms with Crippen molar-refractivity contribution in [2.75, 3.05) is 19.5 Å². The first-order chi connectivity index (χ1) is 14.3. The largest absolute Gasteiger partial charge is 0.493 e. The van der Waals surface area contributed by atoms with Crippen molar-refractivity contribution < 1.29 is 9.47 Å². The highest BCUT2D eigenvalue weighted by Crippen LogP contribution is 2.41. The Labute approximate surface area is 169 Å². The lowest BCUT2D eigenvalue weighted by Crippen LogP contribution is -2.25. The molecule has 0 saturated heterocycles. The van der Waals surface area contributed by atoms with Crippen molar-refractivity contribution in [2.45, 2.75) is 6.17 Å². The second-order valence-electron chi connectivity index (χ2n) is 6.93. The van der Waals surface area contributed by atoms with E-state index in [1.807, 2.05) is 47.1 Å². The summed E-state index contributed by atoms with van der Waals surface area (Å²) in [6.45, 7) is 0. The highest BCUT2D eigenvalue weighted by atomic mass is 16.5. The Morgan fingerprint density at radius 3 is 2.38 bits per heavy atom. The molecule has 1 N–H and O–H groups in total. The van der Waals surface area contributed by atoms with Crippen molar-refractivity contribution in [2.24, 2.45) is 0 Å². The molecule has 144 valence electrons. The van der Waals surface area contributed by atoms with Crippen LogP contribution in [0.2, 0.25) is 0 Å². The number of ether oxygens (including phenoxy) is 2. The minimum Gasteiger partial charge on any atom is -0.493 e. The first-order valence-electron chi connectivity index (χ1n) is 9.51. The standard InChI is InChI=1S/C24H21N3O2/c1-28-22-13-12-17(14-23(22)29-2)24-25-19-11-7-6-10-18(19)21-15-20(26-27(21)24)16-8-4-3-5-9-16/h3-15,24-25H,1-2H3. The maximum atomic E-state index is 5.52. The molecular formula is C24H21N3O2. The molecule has 0 spiro atoms. The number of hydrogen-bond donors (Lipinski definition) is 1. The van der Waals surface area contributed by atoms with Gasteiger partial charge >= 0.3 is 0 Å². The van der Waals surface area contributed by atoms with Crippen LogP contribution in [0.3, 0.4) is 0 Å². The summed E-state index contributed by atoms with van der Waals surface area (Å²) in [6, 6.07) is 26.7. The van der Waals surface area contributed by atoms with E-state index in [4.69, 9.17) is 14.6 Å². The topological polar surface area (TPSA) is 48.3 Å². The number of anilines is 1. The van der Waals surface area contributed by atoms with Crippen molar-refractivity contribution in [1.29, 1.82) is 0 Å². The van der Waals surface area contributed by atoms with Gasteiger partial charge in [0.05, 0.1) is 25.6 Å². The SMILES string of the molecule is COc1ccc(C2Nc3ccccc3-c3cc(-c4ccccc4)nn32)cc1OC. The average molecular weight is 383 g/mol. The highest BCUT2D eigenvalue weighted by molar-refractivity contribution is 5.81. The lowest BCUT2D eigenvalue weighted by atomic mass is 10.0. The highest BCUT2D eigenvalue weighted by Gasteiger charge is 2.27. The van der Waals surface area contributed by atoms with Crippen LogP contribution in [0.25, 0.3) is 22.5 Å². The van der Waals surface area contributed by atoms with Gasteiger partial charge in [-0.25, -0.2) is 4.68 Å². The first kappa shape index (κ1) is 17.4. The van der Waals surface area contributed by atoms with Crippen LogP contribution in [0, 0.1) is 0 Å². The van der Waals surface area contributed by atoms with Crippen LogP contribution >= 0.6 is 0 Å². The van der Waals surface area contributed by atoms with Gasteiger partial charge in [-0.1, -0.05) is 54.6 Å². The molecule has 0 saturated carbocycles. The maximum absolute atomic E-state index is 5.52. The molecule has 2 heterocycles. The molecule has 0 aliphatic carbocycles. The van der Waals surface area contributed by atoms with E-state index in [0.29, 0.717) is 11.5 Å². The molecule has 5 rings (SSSR count). The Kier molecular flexibility index (Phi) is 4.21. The third-order valence-electron chi connectivity index (χ3n) is 5.27. The van der Waals surface area contributed by atoms with Gasteiger partial charge in [-0.2, -0.15) is 5.10 Å². The Morgan fingerprint density at radius 2 is 1.59 bits per heavy atom. The summed E-state index contributed by atoms with van der Waals surface area (Å²) >= 11 is 0. The second-order valence-corrected chi connectivity index (χ2v) is 6.93. The van der Waals surface area contributed by atoms with E-state index >= 15 is 0 Å². The molecule has 1 aliphatic heterocycles. The van der Waals surface area contributed by atoms with Gasteiger partial charge in [0.2, 0.25) is 0 Å². The van der Waals surface area contributed by atoms with Gasteiger partial charge in [0, 0.05) is 22.4 Å². The van der Waals surface area contributed by atoms with E-state index in [1.54, 1.807) is 14.2 Å². The number of nitrogens with zero attached hydrogens (tertiary/aromatic N) is 2. The number of nitrogens with one attached hydrogen (secondary N) is 1. The molecule has 0 fully saturated rings. The molecule has 3 aromatic carbocycles. The Morgan fingerprint density at radius 1 is 0.828 bits per heavy atom. The number of methoxy groups -OCH3 is 2. The van der Waals surface area contributed by atoms with Crippen molar-refractivity contribution in [1.82, 2.24) is 9.78 Å². The fourth-order valence-corrected chi connectivity index (χ4v) is 3.83. The van der Waals surface area contributed by atoms with Gasteiger partial charge in [-0.3, -0.25) is 0 Å². The maximum Gasteiger partial charge on any atom is 0.161 e. The van der Waals surface area contributed by atoms with Crippen LogP contribution < -0.4 is 14.8 Å². The van der Waals surface area contributed by atoms with Crippen molar-refractivity contribution in [3.63, 3.8) is 0 Å². The van der Waals surface area contributed by atoms with Gasteiger partial charge < -0.3 is 14.8 Å². The minimum absolute atomic E-state index is 0.155. The minimum atomic E-state index is -0.155. The molecule has 1 unspecified atom stereocenters. The van der Waals surface area contributed by atoms with E-state index in [9.17, 15) is 0 Å². The zero-order chi connectivity index (χ0) is 19.8. The van der Waals surface area contributed by atoms with Gasteiger partial charge in [-0.05, 0) is 24.3 Å². The van der Waals surface area contributed by atoms with Crippen LogP contribution in [0.1, 0.15) is 11.7 Å². The summed E-state index contributed by atoms with van der Waals surface area (Å²) in [7, 11) is 3.29. The zero-order valence-electron chi connectivity index (χ0n) is 16.3. The van der Waals surface area contributed by atoms with Crippen LogP contribution in [-0.4, -0.2) is 24.0 Å². The summed E-state index contributed by atoms with van der Waals surface area (Å²) in [5, 5.41) is 8.59. The fourth-order valence-electron chi connectivity index (χ4n) is 3.83. The number of benzene rings is 3. The number of fused-ring (bicyclic) bond motifs is 3. The summed E-state index contributed by atoms with van der Waals surface area (Å²) in [5.41, 5.74) is 6.39. The summed E-state index contributed by atoms with van der Waals surface area (Å²) in [4.78, 5) is 0. The summed E-state index contributed by atoms with van der Waals surface area (Å²) in [5.74, 6) is 1.40. The Hall–Kier alpha value is -3.73.